The Balaban J connectivity index is 0.000000274. The maximum absolute atomic E-state index is 11.6. The van der Waals surface area contributed by atoms with Gasteiger partial charge in [-0.2, -0.15) is 0 Å². The number of carbonyl (C=O) groups is 2. The van der Waals surface area contributed by atoms with Crippen molar-refractivity contribution in [3.05, 3.63) is 170 Å². The minimum atomic E-state index is -0.366. The van der Waals surface area contributed by atoms with Crippen molar-refractivity contribution in [2.45, 2.75) is 160 Å². The molecule has 6 aromatic carbocycles. The topological polar surface area (TPSA) is 72.8 Å². The van der Waals surface area contributed by atoms with Gasteiger partial charge in [-0.3, -0.25) is 9.59 Å². The van der Waals surface area contributed by atoms with Gasteiger partial charge in [-0.1, -0.05) is 157 Å². The molecule has 0 spiro atoms. The van der Waals surface area contributed by atoms with E-state index in [-0.39, 0.29) is 35.5 Å². The second-order valence-electron chi connectivity index (χ2n) is 21.3. The van der Waals surface area contributed by atoms with Crippen LogP contribution in [-0.2, 0) is 0 Å². The van der Waals surface area contributed by atoms with Crippen LogP contribution >= 0.6 is 19.5 Å². The average molecular weight is 986 g/mol. The number of benzene rings is 6. The molecule has 0 aliphatic heterocycles. The number of phenolic OH excluding ortho intramolecular Hbond substituents is 1. The molecule has 6 aromatic rings. The quantitative estimate of drug-likeness (QED) is 0.109. The highest BCUT2D eigenvalue weighted by Crippen LogP contribution is 2.60. The molecule has 6 rings (SSSR count). The Hall–Kier alpha value is -5.22. The number of hydrogen-bond donors (Lipinski definition) is 1. The van der Waals surface area contributed by atoms with Gasteiger partial charge in [0.25, 0.3) is 0 Å². The molecule has 0 aliphatic carbocycles. The van der Waals surface area contributed by atoms with Crippen LogP contribution < -0.4 is 14.8 Å². The van der Waals surface area contributed by atoms with Crippen LogP contribution in [0.25, 0.3) is 11.1 Å². The van der Waals surface area contributed by atoms with E-state index in [1.165, 1.54) is 27.8 Å². The summed E-state index contributed by atoms with van der Waals surface area (Å²) in [6, 6.07) is 36.3. The number of aryl methyl sites for hydroxylation is 5. The summed E-state index contributed by atoms with van der Waals surface area (Å²) < 4.78 is 10.7. The third-order valence-corrected chi connectivity index (χ3v) is 15.6. The number of ketones is 2. The fraction of sp³-hybridized carbons (Fsp3) is 0.397. The summed E-state index contributed by atoms with van der Waals surface area (Å²) in [5.74, 6) is 4.23. The van der Waals surface area contributed by atoms with E-state index in [0.29, 0.717) is 28.5 Å². The van der Waals surface area contributed by atoms with Crippen LogP contribution in [0.4, 0.5) is 0 Å². The molecule has 0 amide bonds. The van der Waals surface area contributed by atoms with Crippen molar-refractivity contribution in [2.24, 2.45) is 0 Å². The van der Waals surface area contributed by atoms with Crippen molar-refractivity contribution in [2.75, 3.05) is 7.11 Å². The zero-order valence-corrected chi connectivity index (χ0v) is 47.7. The monoisotopic (exact) mass is 985 g/mol. The van der Waals surface area contributed by atoms with E-state index in [0.717, 1.165) is 50.4 Å². The van der Waals surface area contributed by atoms with E-state index in [1.54, 1.807) is 50.5 Å². The first-order valence-electron chi connectivity index (χ1n) is 24.5. The second kappa shape index (κ2) is 25.8. The van der Waals surface area contributed by atoms with Crippen LogP contribution in [-0.4, -0.2) is 34.1 Å². The summed E-state index contributed by atoms with van der Waals surface area (Å²) in [6.45, 7) is 41.5. The van der Waals surface area contributed by atoms with Gasteiger partial charge < -0.3 is 14.6 Å². The predicted octanol–water partition coefficient (Wildman–Crippen LogP) is 18.6. The lowest BCUT2D eigenvalue weighted by Gasteiger charge is -2.43. The van der Waals surface area contributed by atoms with E-state index >= 15 is 0 Å². The Morgan fingerprint density at radius 2 is 1.01 bits per heavy atom. The summed E-state index contributed by atoms with van der Waals surface area (Å²) in [6.07, 6.45) is 0. The number of aromatic hydroxyl groups is 1. The molecule has 0 saturated heterocycles. The molecule has 1 N–H and O–H groups in total. The van der Waals surface area contributed by atoms with E-state index in [2.05, 4.69) is 119 Å². The lowest BCUT2D eigenvalue weighted by Crippen LogP contribution is -2.32. The zero-order valence-electron chi connectivity index (χ0n) is 46.0. The number of halogens is 1. The standard InChI is InChI=1S/C29H45P.C17H18O2.C10H11ClO.C7H8O2/c1-19(2)22-17-24(20(3)4)27(25(18-22)21(5)6)23-15-13-14-16-26(23)30(28(7,8)9)29(10,11)12;1-11-6-5-7-15(8-11)19-16-9-12(2)17(14(4)18)13(3)10-16;1-6-4-9(11)5-7(2)10(6)8(3)12;1-9-7-4-2-3-6(8)5-7/h13-21H,1-12H3;5-10H,1-4H3;4-5H,1-3H3;2-5,8H,1H3. The number of phenols is 1. The fourth-order valence-electron chi connectivity index (χ4n) is 9.31. The normalized spacial score (nSPS) is 11.3. The van der Waals surface area contributed by atoms with Crippen molar-refractivity contribution >= 4 is 36.4 Å². The Bertz CT molecular complexity index is 2620. The lowest BCUT2D eigenvalue weighted by atomic mass is 9.82. The molecule has 0 radical (unpaired) electrons. The Kier molecular flexibility index (Phi) is 21.7. The zero-order chi connectivity index (χ0) is 53.0. The molecular formula is C63H82ClO5P. The van der Waals surface area contributed by atoms with Gasteiger partial charge in [0.2, 0.25) is 0 Å². The first kappa shape index (κ1) is 59.1. The first-order valence-corrected chi connectivity index (χ1v) is 26.2. The van der Waals surface area contributed by atoms with E-state index in [1.807, 2.05) is 83.1 Å². The van der Waals surface area contributed by atoms with Crippen molar-refractivity contribution in [3.63, 3.8) is 0 Å². The maximum Gasteiger partial charge on any atom is 0.160 e. The predicted molar refractivity (Wildman–Crippen MR) is 303 cm³/mol. The smallest absolute Gasteiger partial charge is 0.160 e. The summed E-state index contributed by atoms with van der Waals surface area (Å²) >= 11 is 5.82. The van der Waals surface area contributed by atoms with Crippen LogP contribution in [0.3, 0.4) is 0 Å². The molecule has 376 valence electrons. The van der Waals surface area contributed by atoms with Crippen molar-refractivity contribution in [1.29, 1.82) is 0 Å². The number of carbonyl (C=O) groups excluding carboxylic acids is 2. The van der Waals surface area contributed by atoms with Gasteiger partial charge in [-0.15, -0.1) is 0 Å². The minimum absolute atomic E-state index is 0.0945. The van der Waals surface area contributed by atoms with E-state index < -0.39 is 0 Å². The molecule has 0 bridgehead atoms. The maximum atomic E-state index is 11.6. The lowest BCUT2D eigenvalue weighted by molar-refractivity contribution is 0.100. The largest absolute Gasteiger partial charge is 0.508 e. The SMILES string of the molecule is CC(=O)c1c(C)cc(Cl)cc1C.CC(=O)c1c(C)cc(Oc2cccc(C)c2)cc1C.CC(C)c1cc(C(C)C)c(-c2ccccc2P(C(C)(C)C)C(C)(C)C)c(C(C)C)c1.COc1cccc(O)c1. The summed E-state index contributed by atoms with van der Waals surface area (Å²) in [4.78, 5) is 22.7. The van der Waals surface area contributed by atoms with Gasteiger partial charge in [0, 0.05) is 22.2 Å². The van der Waals surface area contributed by atoms with Gasteiger partial charge >= 0.3 is 0 Å². The summed E-state index contributed by atoms with van der Waals surface area (Å²) in [7, 11) is 1.20. The van der Waals surface area contributed by atoms with Crippen LogP contribution in [0.15, 0.2) is 109 Å². The Morgan fingerprint density at radius 1 is 0.557 bits per heavy atom. The van der Waals surface area contributed by atoms with Crippen LogP contribution in [0, 0.1) is 34.6 Å². The molecule has 0 aromatic heterocycles. The molecule has 0 atom stereocenters. The van der Waals surface area contributed by atoms with E-state index in [9.17, 15) is 9.59 Å². The van der Waals surface area contributed by atoms with Crippen molar-refractivity contribution < 1.29 is 24.2 Å². The Labute approximate surface area is 429 Å². The van der Waals surface area contributed by atoms with Crippen LogP contribution in [0.5, 0.6) is 23.0 Å². The molecule has 0 fully saturated rings. The second-order valence-corrected chi connectivity index (χ2v) is 25.6. The first-order chi connectivity index (χ1) is 32.5. The van der Waals surface area contributed by atoms with Gasteiger partial charge in [0.15, 0.2) is 11.6 Å². The number of rotatable bonds is 10. The van der Waals surface area contributed by atoms with Crippen molar-refractivity contribution in [3.8, 4) is 34.1 Å². The number of methoxy groups -OCH3 is 1. The number of ether oxygens (including phenoxy) is 2. The van der Waals surface area contributed by atoms with Gasteiger partial charge in [0.1, 0.15) is 23.0 Å². The number of Topliss-reactive ketones (excluding diaryl/α,β-unsaturated/α-hetero) is 2. The van der Waals surface area contributed by atoms with Gasteiger partial charge in [-0.25, -0.2) is 0 Å². The average Bonchev–Trinajstić information content (AvgIpc) is 3.22. The molecule has 0 aliphatic rings. The highest BCUT2D eigenvalue weighted by molar-refractivity contribution is 7.68. The van der Waals surface area contributed by atoms with Crippen LogP contribution in [0.1, 0.15) is 180 Å². The highest BCUT2D eigenvalue weighted by Gasteiger charge is 2.37. The molecular weight excluding hydrogens is 903 g/mol. The summed E-state index contributed by atoms with van der Waals surface area (Å²) in [5, 5.41) is 11.6. The van der Waals surface area contributed by atoms with Crippen molar-refractivity contribution in [1.82, 2.24) is 0 Å². The molecule has 5 nitrogen and oxygen atoms in total. The molecule has 0 saturated carbocycles. The minimum Gasteiger partial charge on any atom is -0.508 e. The van der Waals surface area contributed by atoms with Gasteiger partial charge in [0.05, 0.1) is 7.11 Å². The third-order valence-electron chi connectivity index (χ3n) is 11.9. The van der Waals surface area contributed by atoms with Crippen LogP contribution in [0.2, 0.25) is 5.02 Å². The third kappa shape index (κ3) is 16.7. The van der Waals surface area contributed by atoms with E-state index in [4.69, 9.17) is 26.2 Å². The Morgan fingerprint density at radius 3 is 1.41 bits per heavy atom. The van der Waals surface area contributed by atoms with Gasteiger partial charge in [-0.05, 0) is 186 Å². The fourth-order valence-corrected chi connectivity index (χ4v) is 13.8. The highest BCUT2D eigenvalue weighted by atomic mass is 35.5. The summed E-state index contributed by atoms with van der Waals surface area (Å²) in [5.41, 5.74) is 14.0. The molecule has 70 heavy (non-hydrogen) atoms. The molecule has 0 unspecified atom stereocenters. The number of hydrogen-bond acceptors (Lipinski definition) is 5. The molecule has 7 heteroatoms. The molecule has 0 heterocycles.